The van der Waals surface area contributed by atoms with E-state index in [4.69, 9.17) is 4.74 Å². The van der Waals surface area contributed by atoms with Crippen LogP contribution >= 0.6 is 0 Å². The zero-order valence-electron chi connectivity index (χ0n) is 13.4. The summed E-state index contributed by atoms with van der Waals surface area (Å²) in [6, 6.07) is 24.8. The van der Waals surface area contributed by atoms with Crippen LogP contribution in [-0.4, -0.2) is 0 Å². The van der Waals surface area contributed by atoms with Gasteiger partial charge in [-0.05, 0) is 17.7 Å². The van der Waals surface area contributed by atoms with Crippen LogP contribution in [0.25, 0.3) is 0 Å². The van der Waals surface area contributed by atoms with E-state index in [1.165, 1.54) is 11.6 Å². The predicted molar refractivity (Wildman–Crippen MR) is 94.2 cm³/mol. The summed E-state index contributed by atoms with van der Waals surface area (Å²) in [5, 5.41) is 3.41. The van der Waals surface area contributed by atoms with E-state index in [2.05, 4.69) is 17.4 Å². The Balaban J connectivity index is 1.59. The lowest BCUT2D eigenvalue weighted by atomic mass is 10.2. The Bertz CT molecular complexity index is 774. The summed E-state index contributed by atoms with van der Waals surface area (Å²) in [6.45, 7) is 1.72. The fourth-order valence-electron chi connectivity index (χ4n) is 2.50. The third kappa shape index (κ3) is 4.43. The number of hydrogen-bond acceptors (Lipinski definition) is 2. The quantitative estimate of drug-likeness (QED) is 0.681. The molecule has 3 aromatic carbocycles. The lowest BCUT2D eigenvalue weighted by Crippen LogP contribution is -2.13. The molecule has 2 nitrogen and oxygen atoms in total. The Morgan fingerprint density at radius 1 is 0.708 bits per heavy atom. The minimum atomic E-state index is -0.239. The summed E-state index contributed by atoms with van der Waals surface area (Å²) in [6.07, 6.45) is 0. The summed E-state index contributed by atoms with van der Waals surface area (Å²) < 4.78 is 19.5. The van der Waals surface area contributed by atoms with Gasteiger partial charge in [0.05, 0.1) is 0 Å². The van der Waals surface area contributed by atoms with Gasteiger partial charge in [0.25, 0.3) is 0 Å². The van der Waals surface area contributed by atoms with Crippen molar-refractivity contribution in [2.24, 2.45) is 0 Å². The first-order valence-corrected chi connectivity index (χ1v) is 8.01. The molecular weight excluding hydrogens is 301 g/mol. The van der Waals surface area contributed by atoms with Gasteiger partial charge < -0.3 is 10.1 Å². The second-order valence-electron chi connectivity index (χ2n) is 5.58. The second-order valence-corrected chi connectivity index (χ2v) is 5.58. The van der Waals surface area contributed by atoms with E-state index in [0.29, 0.717) is 12.1 Å². The van der Waals surface area contributed by atoms with Gasteiger partial charge in [-0.2, -0.15) is 0 Å². The number of rotatable bonds is 7. The first-order chi connectivity index (χ1) is 11.8. The molecule has 0 aliphatic rings. The minimum Gasteiger partial charge on any atom is -0.488 e. The molecule has 0 bridgehead atoms. The minimum absolute atomic E-state index is 0.225. The molecule has 0 aliphatic carbocycles. The van der Waals surface area contributed by atoms with Gasteiger partial charge in [-0.3, -0.25) is 0 Å². The third-order valence-electron chi connectivity index (χ3n) is 3.80. The zero-order valence-corrected chi connectivity index (χ0v) is 13.4. The van der Waals surface area contributed by atoms with Crippen molar-refractivity contribution >= 4 is 0 Å². The van der Waals surface area contributed by atoms with Crippen LogP contribution in [0, 0.1) is 5.82 Å². The van der Waals surface area contributed by atoms with Gasteiger partial charge in [0.1, 0.15) is 18.2 Å². The summed E-state index contributed by atoms with van der Waals surface area (Å²) in [5.74, 6) is 0.540. The van der Waals surface area contributed by atoms with Gasteiger partial charge in [-0.1, -0.05) is 66.7 Å². The predicted octanol–water partition coefficient (Wildman–Crippen LogP) is 4.69. The maximum Gasteiger partial charge on any atom is 0.129 e. The van der Waals surface area contributed by atoms with Gasteiger partial charge in [0.2, 0.25) is 0 Å². The molecule has 3 heteroatoms. The van der Waals surface area contributed by atoms with Crippen molar-refractivity contribution in [3.05, 3.63) is 101 Å². The normalized spacial score (nSPS) is 10.5. The highest BCUT2D eigenvalue weighted by Crippen LogP contribution is 2.20. The number of hydrogen-bond donors (Lipinski definition) is 1. The molecule has 3 aromatic rings. The van der Waals surface area contributed by atoms with Crippen LogP contribution < -0.4 is 10.1 Å². The van der Waals surface area contributed by atoms with Crippen LogP contribution in [-0.2, 0) is 19.7 Å². The van der Waals surface area contributed by atoms with Crippen molar-refractivity contribution in [3.8, 4) is 5.75 Å². The van der Waals surface area contributed by atoms with Crippen LogP contribution in [0.4, 0.5) is 4.39 Å². The van der Waals surface area contributed by atoms with Crippen molar-refractivity contribution in [2.45, 2.75) is 19.7 Å². The monoisotopic (exact) mass is 321 g/mol. The lowest BCUT2D eigenvalue weighted by Gasteiger charge is -2.13. The Kier molecular flexibility index (Phi) is 5.59. The van der Waals surface area contributed by atoms with Crippen molar-refractivity contribution < 1.29 is 9.13 Å². The summed E-state index contributed by atoms with van der Waals surface area (Å²) in [4.78, 5) is 0. The van der Waals surface area contributed by atoms with Crippen LogP contribution in [0.1, 0.15) is 16.7 Å². The Hall–Kier alpha value is -2.65. The van der Waals surface area contributed by atoms with E-state index in [9.17, 15) is 4.39 Å². The highest BCUT2D eigenvalue weighted by atomic mass is 19.1. The average Bonchev–Trinajstić information content (AvgIpc) is 2.63. The zero-order chi connectivity index (χ0) is 16.6. The number of nitrogens with one attached hydrogen (secondary N) is 1. The molecule has 24 heavy (non-hydrogen) atoms. The topological polar surface area (TPSA) is 21.3 Å². The van der Waals surface area contributed by atoms with Gasteiger partial charge in [-0.15, -0.1) is 0 Å². The van der Waals surface area contributed by atoms with Crippen molar-refractivity contribution in [1.29, 1.82) is 0 Å². The molecule has 0 amide bonds. The highest BCUT2D eigenvalue weighted by Gasteiger charge is 2.05. The largest absolute Gasteiger partial charge is 0.488 e. The van der Waals surface area contributed by atoms with Crippen molar-refractivity contribution in [3.63, 3.8) is 0 Å². The third-order valence-corrected chi connectivity index (χ3v) is 3.80. The molecule has 0 heterocycles. The van der Waals surface area contributed by atoms with E-state index in [1.54, 1.807) is 12.1 Å². The van der Waals surface area contributed by atoms with E-state index in [-0.39, 0.29) is 12.4 Å². The van der Waals surface area contributed by atoms with Gasteiger partial charge in [0, 0.05) is 24.2 Å². The molecule has 0 saturated heterocycles. The van der Waals surface area contributed by atoms with Crippen molar-refractivity contribution in [2.75, 3.05) is 0 Å². The Labute approximate surface area is 141 Å². The number of para-hydroxylation sites is 1. The fraction of sp³-hybridized carbons (Fsp3) is 0.143. The average molecular weight is 321 g/mol. The molecule has 0 unspecified atom stereocenters. The van der Waals surface area contributed by atoms with Crippen LogP contribution in [0.3, 0.4) is 0 Å². The summed E-state index contributed by atoms with van der Waals surface area (Å²) >= 11 is 0. The Morgan fingerprint density at radius 2 is 1.38 bits per heavy atom. The molecule has 0 aliphatic heterocycles. The summed E-state index contributed by atoms with van der Waals surface area (Å²) in [5.41, 5.74) is 2.86. The van der Waals surface area contributed by atoms with E-state index >= 15 is 0 Å². The summed E-state index contributed by atoms with van der Waals surface area (Å²) in [7, 11) is 0. The van der Waals surface area contributed by atoms with E-state index < -0.39 is 0 Å². The maximum absolute atomic E-state index is 13.7. The van der Waals surface area contributed by atoms with Crippen LogP contribution in [0.5, 0.6) is 5.75 Å². The lowest BCUT2D eigenvalue weighted by molar-refractivity contribution is 0.296. The molecule has 0 atom stereocenters. The first-order valence-electron chi connectivity index (χ1n) is 8.01. The van der Waals surface area contributed by atoms with Gasteiger partial charge >= 0.3 is 0 Å². The van der Waals surface area contributed by atoms with E-state index in [1.807, 2.05) is 48.5 Å². The Morgan fingerprint density at radius 3 is 2.17 bits per heavy atom. The molecule has 0 spiro atoms. The first kappa shape index (κ1) is 16.2. The van der Waals surface area contributed by atoms with Crippen molar-refractivity contribution in [1.82, 2.24) is 5.32 Å². The molecule has 0 aromatic heterocycles. The molecule has 0 radical (unpaired) electrons. The molecule has 122 valence electrons. The maximum atomic E-state index is 13.7. The van der Waals surface area contributed by atoms with Gasteiger partial charge in [-0.25, -0.2) is 4.39 Å². The molecule has 1 N–H and O–H groups in total. The smallest absolute Gasteiger partial charge is 0.129 e. The fourth-order valence-corrected chi connectivity index (χ4v) is 2.50. The number of benzene rings is 3. The molecule has 0 fully saturated rings. The van der Waals surface area contributed by atoms with E-state index in [0.717, 1.165) is 17.9 Å². The SMILES string of the molecule is Fc1ccccc1COc1ccccc1CNCc1ccccc1. The number of ether oxygens (including phenoxy) is 1. The molecule has 3 rings (SSSR count). The molecular formula is C21H20FNO. The highest BCUT2D eigenvalue weighted by molar-refractivity contribution is 5.33. The van der Waals surface area contributed by atoms with Crippen LogP contribution in [0.2, 0.25) is 0 Å². The van der Waals surface area contributed by atoms with Crippen LogP contribution in [0.15, 0.2) is 78.9 Å². The standard InChI is InChI=1S/C21H20FNO/c22-20-12-6-4-11-19(20)16-24-21-13-7-5-10-18(21)15-23-14-17-8-2-1-3-9-17/h1-13,23H,14-16H2. The number of halogens is 1. The molecule has 0 saturated carbocycles. The van der Waals surface area contributed by atoms with Gasteiger partial charge in [0.15, 0.2) is 0 Å². The second kappa shape index (κ2) is 8.27.